The molecule has 7 nitrogen and oxygen atoms in total. The Hall–Kier alpha value is -2.93. The first-order valence-corrected chi connectivity index (χ1v) is 9.23. The van der Waals surface area contributed by atoms with Crippen molar-refractivity contribution in [2.45, 2.75) is 24.9 Å². The lowest BCUT2D eigenvalue weighted by Gasteiger charge is -2.43. The molecule has 1 N–H and O–H groups in total. The molecular formula is C20H20N4O3. The van der Waals surface area contributed by atoms with Crippen molar-refractivity contribution in [1.82, 2.24) is 20.3 Å². The van der Waals surface area contributed by atoms with E-state index in [4.69, 9.17) is 9.26 Å². The molecule has 2 aliphatic rings. The summed E-state index contributed by atoms with van der Waals surface area (Å²) in [4.78, 5) is 14.7. The van der Waals surface area contributed by atoms with Crippen LogP contribution in [0.25, 0.3) is 11.3 Å². The molecule has 0 bridgehead atoms. The predicted octanol–water partition coefficient (Wildman–Crippen LogP) is 2.77. The van der Waals surface area contributed by atoms with Gasteiger partial charge in [0.05, 0.1) is 18.5 Å². The van der Waals surface area contributed by atoms with E-state index in [1.54, 1.807) is 6.07 Å². The molecule has 0 unspecified atom stereocenters. The molecule has 138 valence electrons. The minimum absolute atomic E-state index is 0.101. The first kappa shape index (κ1) is 16.3. The Balaban J connectivity index is 1.31. The summed E-state index contributed by atoms with van der Waals surface area (Å²) in [5.41, 5.74) is 3.21. The maximum Gasteiger partial charge on any atom is 0.276 e. The fraction of sp³-hybridized carbons (Fsp3) is 0.350. The predicted molar refractivity (Wildman–Crippen MR) is 97.0 cm³/mol. The Bertz CT molecular complexity index is 955. The third-order valence-corrected chi connectivity index (χ3v) is 5.57. The van der Waals surface area contributed by atoms with E-state index in [1.165, 1.54) is 5.56 Å². The van der Waals surface area contributed by atoms with Crippen molar-refractivity contribution in [2.24, 2.45) is 0 Å². The van der Waals surface area contributed by atoms with Crippen molar-refractivity contribution in [3.63, 3.8) is 0 Å². The number of nitrogens with zero attached hydrogens (tertiary/aromatic N) is 3. The van der Waals surface area contributed by atoms with Crippen LogP contribution in [0.1, 0.15) is 34.6 Å². The molecule has 3 aromatic rings. The van der Waals surface area contributed by atoms with Crippen LogP contribution in [0.4, 0.5) is 0 Å². The second kappa shape index (κ2) is 6.35. The van der Waals surface area contributed by atoms with Crippen LogP contribution >= 0.6 is 0 Å². The number of amides is 1. The third kappa shape index (κ3) is 2.75. The summed E-state index contributed by atoms with van der Waals surface area (Å²) in [6.45, 7) is 1.93. The van der Waals surface area contributed by atoms with E-state index < -0.39 is 0 Å². The molecule has 27 heavy (non-hydrogen) atoms. The Morgan fingerprint density at radius 2 is 2.00 bits per heavy atom. The van der Waals surface area contributed by atoms with Gasteiger partial charge in [0.2, 0.25) is 0 Å². The first-order valence-electron chi connectivity index (χ1n) is 9.23. The van der Waals surface area contributed by atoms with Crippen molar-refractivity contribution in [1.29, 1.82) is 0 Å². The molecule has 1 saturated heterocycles. The monoisotopic (exact) mass is 364 g/mol. The molecule has 1 fully saturated rings. The number of piperidine rings is 1. The fourth-order valence-electron chi connectivity index (χ4n) is 4.07. The summed E-state index contributed by atoms with van der Waals surface area (Å²) in [6.07, 6.45) is 4.27. The lowest BCUT2D eigenvalue weighted by molar-refractivity contribution is -0.0962. The lowest BCUT2D eigenvalue weighted by atomic mass is 9.83. The number of ether oxygens (including phenoxy) is 1. The number of H-pyrrole nitrogens is 1. The number of fused-ring (bicyclic) bond motifs is 2. The average Bonchev–Trinajstić information content (AvgIpc) is 3.39. The molecule has 2 aromatic heterocycles. The highest BCUT2D eigenvalue weighted by Crippen LogP contribution is 2.40. The Labute approximate surface area is 156 Å². The second-order valence-electron chi connectivity index (χ2n) is 7.10. The Morgan fingerprint density at radius 1 is 1.19 bits per heavy atom. The zero-order valence-electron chi connectivity index (χ0n) is 14.9. The lowest BCUT2D eigenvalue weighted by Crippen LogP contribution is -2.48. The van der Waals surface area contributed by atoms with Gasteiger partial charge in [0.15, 0.2) is 11.5 Å². The van der Waals surface area contributed by atoms with Crippen molar-refractivity contribution < 1.29 is 14.1 Å². The molecule has 2 aliphatic heterocycles. The number of nitrogens with one attached hydrogen (secondary N) is 1. The number of carbonyl (C=O) groups excluding carboxylic acids is 1. The van der Waals surface area contributed by atoms with Crippen LogP contribution in [0, 0.1) is 0 Å². The summed E-state index contributed by atoms with van der Waals surface area (Å²) in [7, 11) is 0. The molecule has 0 aliphatic carbocycles. The van der Waals surface area contributed by atoms with E-state index >= 15 is 0 Å². The SMILES string of the molecule is O=C(c1cc(-c2ccccc2)on1)N1CCC2(CC1)OCCc1cn[nH]c12. The first-order chi connectivity index (χ1) is 13.3. The summed E-state index contributed by atoms with van der Waals surface area (Å²) in [5.74, 6) is 0.501. The number of aromatic amines is 1. The number of rotatable bonds is 2. The Morgan fingerprint density at radius 3 is 2.81 bits per heavy atom. The highest BCUT2D eigenvalue weighted by atomic mass is 16.5. The van der Waals surface area contributed by atoms with Gasteiger partial charge < -0.3 is 14.2 Å². The van der Waals surface area contributed by atoms with Gasteiger partial charge in [-0.25, -0.2) is 0 Å². The van der Waals surface area contributed by atoms with E-state index in [2.05, 4.69) is 15.4 Å². The quantitative estimate of drug-likeness (QED) is 0.756. The number of likely N-dealkylation sites (tertiary alicyclic amines) is 1. The smallest absolute Gasteiger partial charge is 0.276 e. The zero-order chi connectivity index (χ0) is 18.3. The third-order valence-electron chi connectivity index (χ3n) is 5.57. The maximum atomic E-state index is 12.9. The average molecular weight is 364 g/mol. The summed E-state index contributed by atoms with van der Waals surface area (Å²) in [6, 6.07) is 11.4. The number of hydrogen-bond acceptors (Lipinski definition) is 5. The number of hydrogen-bond donors (Lipinski definition) is 1. The molecule has 7 heteroatoms. The van der Waals surface area contributed by atoms with Crippen LogP contribution in [-0.2, 0) is 16.8 Å². The van der Waals surface area contributed by atoms with Gasteiger partial charge in [-0.2, -0.15) is 5.10 Å². The second-order valence-corrected chi connectivity index (χ2v) is 7.10. The topological polar surface area (TPSA) is 84.2 Å². The molecular weight excluding hydrogens is 344 g/mol. The number of aromatic nitrogens is 3. The van der Waals surface area contributed by atoms with E-state index in [1.807, 2.05) is 41.4 Å². The van der Waals surface area contributed by atoms with Gasteiger partial charge in [0, 0.05) is 24.7 Å². The summed E-state index contributed by atoms with van der Waals surface area (Å²) >= 11 is 0. The van der Waals surface area contributed by atoms with Gasteiger partial charge in [-0.15, -0.1) is 0 Å². The Kier molecular flexibility index (Phi) is 3.82. The molecule has 0 saturated carbocycles. The van der Waals surface area contributed by atoms with Crippen LogP contribution < -0.4 is 0 Å². The van der Waals surface area contributed by atoms with Gasteiger partial charge in [-0.05, 0) is 24.8 Å². The maximum absolute atomic E-state index is 12.9. The van der Waals surface area contributed by atoms with Crippen molar-refractivity contribution in [3.05, 3.63) is 59.5 Å². The minimum atomic E-state index is -0.347. The van der Waals surface area contributed by atoms with Gasteiger partial charge in [-0.3, -0.25) is 9.89 Å². The van der Waals surface area contributed by atoms with Crippen LogP contribution in [0.2, 0.25) is 0 Å². The molecule has 5 rings (SSSR count). The van der Waals surface area contributed by atoms with Gasteiger partial charge in [0.1, 0.15) is 5.60 Å². The molecule has 1 amide bonds. The zero-order valence-corrected chi connectivity index (χ0v) is 14.9. The van der Waals surface area contributed by atoms with E-state index in [9.17, 15) is 4.79 Å². The van der Waals surface area contributed by atoms with Crippen molar-refractivity contribution in [3.8, 4) is 11.3 Å². The van der Waals surface area contributed by atoms with Crippen LogP contribution in [0.5, 0.6) is 0 Å². The molecule has 0 atom stereocenters. The van der Waals surface area contributed by atoms with Crippen LogP contribution in [-0.4, -0.2) is 45.9 Å². The van der Waals surface area contributed by atoms with Gasteiger partial charge in [0.25, 0.3) is 5.91 Å². The molecule has 0 radical (unpaired) electrons. The van der Waals surface area contributed by atoms with E-state index in [0.717, 1.165) is 30.5 Å². The largest absolute Gasteiger partial charge is 0.368 e. The van der Waals surface area contributed by atoms with E-state index in [0.29, 0.717) is 31.2 Å². The van der Waals surface area contributed by atoms with Crippen molar-refractivity contribution >= 4 is 5.91 Å². The molecule has 1 spiro atoms. The fourth-order valence-corrected chi connectivity index (χ4v) is 4.07. The molecule has 4 heterocycles. The van der Waals surface area contributed by atoms with Crippen LogP contribution in [0.3, 0.4) is 0 Å². The summed E-state index contributed by atoms with van der Waals surface area (Å²) < 4.78 is 11.5. The molecule has 1 aromatic carbocycles. The standard InChI is InChI=1S/C20H20N4O3/c25-19(16-12-17(27-23-16)14-4-2-1-3-5-14)24-9-7-20(8-10-24)18-15(6-11-26-20)13-21-22-18/h1-5,12-13H,6-11H2,(H,21,22). The minimum Gasteiger partial charge on any atom is -0.368 e. The van der Waals surface area contributed by atoms with Crippen molar-refractivity contribution in [2.75, 3.05) is 19.7 Å². The number of carbonyl (C=O) groups is 1. The van der Waals surface area contributed by atoms with E-state index in [-0.39, 0.29) is 11.5 Å². The summed E-state index contributed by atoms with van der Waals surface area (Å²) in [5, 5.41) is 11.3. The highest BCUT2D eigenvalue weighted by molar-refractivity contribution is 5.93. The normalized spacial score (nSPS) is 18.4. The van der Waals surface area contributed by atoms with Gasteiger partial charge in [-0.1, -0.05) is 35.5 Å². The number of benzene rings is 1. The van der Waals surface area contributed by atoms with Crippen LogP contribution in [0.15, 0.2) is 47.1 Å². The highest BCUT2D eigenvalue weighted by Gasteiger charge is 2.43. The van der Waals surface area contributed by atoms with Gasteiger partial charge >= 0.3 is 0 Å².